The highest BCUT2D eigenvalue weighted by Gasteiger charge is 1.84. The number of aryl methyl sites for hydroxylation is 1. The first-order valence-corrected chi connectivity index (χ1v) is 6.86. The Balaban J connectivity index is 2.48. The monoisotopic (exact) mass is 308 g/mol. The van der Waals surface area contributed by atoms with Gasteiger partial charge in [0.2, 0.25) is 0 Å². The molecule has 0 aliphatic heterocycles. The molecule has 108 valence electrons. The van der Waals surface area contributed by atoms with Crippen molar-refractivity contribution in [2.24, 2.45) is 0 Å². The van der Waals surface area contributed by atoms with Crippen LogP contribution in [0.5, 0.6) is 0 Å². The quantitative estimate of drug-likeness (QED) is 0.643. The predicted octanol–water partition coefficient (Wildman–Crippen LogP) is 2.00. The number of hydrogen-bond donors (Lipinski definition) is 0. The lowest BCUT2D eigenvalue weighted by molar-refractivity contribution is 1.46. The van der Waals surface area contributed by atoms with Crippen LogP contribution in [0.1, 0.15) is 11.1 Å². The summed E-state index contributed by atoms with van der Waals surface area (Å²) in [6.45, 7) is 2.02. The van der Waals surface area contributed by atoms with Gasteiger partial charge in [0.05, 0.1) is 0 Å². The van der Waals surface area contributed by atoms with E-state index in [1.54, 1.807) is 0 Å². The van der Waals surface area contributed by atoms with Crippen molar-refractivity contribution in [3.8, 4) is 107 Å². The van der Waals surface area contributed by atoms with Gasteiger partial charge in [0.25, 0.3) is 0 Å². The van der Waals surface area contributed by atoms with Crippen LogP contribution in [0.3, 0.4) is 0 Å². The topological polar surface area (TPSA) is 0 Å². The van der Waals surface area contributed by atoms with Crippen molar-refractivity contribution in [1.82, 2.24) is 0 Å². The van der Waals surface area contributed by atoms with E-state index in [0.29, 0.717) is 0 Å². The summed E-state index contributed by atoms with van der Waals surface area (Å²) in [6, 6.07) is 7.88. The highest BCUT2D eigenvalue weighted by atomic mass is 13.9. The van der Waals surface area contributed by atoms with Gasteiger partial charge < -0.3 is 0 Å². The zero-order valence-electron chi connectivity index (χ0n) is 13.4. The van der Waals surface area contributed by atoms with Crippen LogP contribution in [0.25, 0.3) is 0 Å². The maximum Gasteiger partial charge on any atom is 0.0255 e. The van der Waals surface area contributed by atoms with Crippen molar-refractivity contribution in [3.05, 3.63) is 35.4 Å². The summed E-state index contributed by atoms with van der Waals surface area (Å²) in [6.07, 6.45) is 4.92. The third-order valence-electron chi connectivity index (χ3n) is 2.21. The van der Waals surface area contributed by atoms with Crippen molar-refractivity contribution in [3.63, 3.8) is 0 Å². The van der Waals surface area contributed by atoms with E-state index in [9.17, 15) is 0 Å². The second kappa shape index (κ2) is 13.0. The standard InChI is InChI=1S/C25H8/c1-3-4-5-6-7-8-9-10-11-12-13-14-15-16-17-18-19-25-22-20-24(2)21-23-25/h1,20-23H,2H3. The van der Waals surface area contributed by atoms with Gasteiger partial charge in [-0.2, -0.15) is 0 Å². The highest BCUT2D eigenvalue weighted by molar-refractivity contribution is 5.47. The van der Waals surface area contributed by atoms with Crippen LogP contribution >= 0.6 is 0 Å². The van der Waals surface area contributed by atoms with E-state index in [1.165, 1.54) is 5.56 Å². The fourth-order valence-corrected chi connectivity index (χ4v) is 1.18. The van der Waals surface area contributed by atoms with Crippen molar-refractivity contribution < 1.29 is 0 Å². The predicted molar refractivity (Wildman–Crippen MR) is 101 cm³/mol. The number of terminal acetylenes is 1. The summed E-state index contributed by atoms with van der Waals surface area (Å²) in [7, 11) is 0. The Morgan fingerprint density at radius 1 is 0.520 bits per heavy atom. The smallest absolute Gasteiger partial charge is 0.0255 e. The summed E-state index contributed by atoms with van der Waals surface area (Å²) < 4.78 is 0. The molecule has 0 heterocycles. The fraction of sp³-hybridized carbons (Fsp3) is 0.0400. The summed E-state index contributed by atoms with van der Waals surface area (Å²) in [5, 5.41) is 0. The van der Waals surface area contributed by atoms with Crippen LogP contribution in [0, 0.1) is 114 Å². The van der Waals surface area contributed by atoms with Gasteiger partial charge >= 0.3 is 0 Å². The Hall–Kier alpha value is -4.74. The van der Waals surface area contributed by atoms with E-state index in [4.69, 9.17) is 6.42 Å². The highest BCUT2D eigenvalue weighted by Crippen LogP contribution is 2.00. The first-order chi connectivity index (χ1) is 12.3. The van der Waals surface area contributed by atoms with E-state index < -0.39 is 0 Å². The lowest BCUT2D eigenvalue weighted by Crippen LogP contribution is -1.74. The summed E-state index contributed by atoms with van der Waals surface area (Å²) in [4.78, 5) is 0. The molecule has 0 radical (unpaired) electrons. The van der Waals surface area contributed by atoms with E-state index in [-0.39, 0.29) is 0 Å². The van der Waals surface area contributed by atoms with Gasteiger partial charge in [-0.1, -0.05) is 23.6 Å². The van der Waals surface area contributed by atoms with E-state index >= 15 is 0 Å². The molecule has 0 fully saturated rings. The summed E-state index contributed by atoms with van der Waals surface area (Å²) >= 11 is 0. The minimum atomic E-state index is 0.914. The van der Waals surface area contributed by atoms with Gasteiger partial charge in [-0.05, 0) is 114 Å². The normalized spacial score (nSPS) is 5.60. The van der Waals surface area contributed by atoms with Crippen molar-refractivity contribution in [2.75, 3.05) is 0 Å². The van der Waals surface area contributed by atoms with Crippen LogP contribution in [-0.4, -0.2) is 0 Å². The fourth-order valence-electron chi connectivity index (χ4n) is 1.18. The molecule has 0 atom stereocenters. The average molecular weight is 308 g/mol. The van der Waals surface area contributed by atoms with Gasteiger partial charge in [0.1, 0.15) is 0 Å². The lowest BCUT2D eigenvalue weighted by Gasteiger charge is -1.89. The maximum atomic E-state index is 4.92. The van der Waals surface area contributed by atoms with Gasteiger partial charge in [0, 0.05) is 5.56 Å². The molecule has 0 heteroatoms. The molecular weight excluding hydrogens is 300 g/mol. The van der Waals surface area contributed by atoms with E-state index in [1.807, 2.05) is 31.2 Å². The van der Waals surface area contributed by atoms with Crippen LogP contribution in [-0.2, 0) is 0 Å². The molecule has 0 bridgehead atoms. The summed E-state index contributed by atoms with van der Waals surface area (Å²) in [5.41, 5.74) is 2.11. The second-order valence-corrected chi connectivity index (χ2v) is 4.01. The molecule has 0 spiro atoms. The Labute approximate surface area is 149 Å². The number of benzene rings is 1. The third kappa shape index (κ3) is 10.6. The van der Waals surface area contributed by atoms with Crippen LogP contribution < -0.4 is 0 Å². The molecule has 0 aliphatic rings. The van der Waals surface area contributed by atoms with Crippen molar-refractivity contribution in [1.29, 1.82) is 0 Å². The van der Waals surface area contributed by atoms with E-state index in [2.05, 4.69) is 101 Å². The van der Waals surface area contributed by atoms with Gasteiger partial charge in [0.15, 0.2) is 0 Å². The molecular formula is C25H8. The molecule has 0 saturated carbocycles. The molecule has 0 saturated heterocycles. The lowest BCUT2D eigenvalue weighted by atomic mass is 10.2. The molecule has 0 nitrogen and oxygen atoms in total. The Morgan fingerprint density at radius 3 is 1.28 bits per heavy atom. The molecule has 0 N–H and O–H groups in total. The second-order valence-electron chi connectivity index (χ2n) is 4.01. The van der Waals surface area contributed by atoms with Gasteiger partial charge in [-0.25, -0.2) is 0 Å². The molecule has 1 rings (SSSR count). The Bertz CT molecular complexity index is 1170. The molecule has 0 amide bonds. The van der Waals surface area contributed by atoms with Crippen molar-refractivity contribution >= 4 is 0 Å². The zero-order valence-corrected chi connectivity index (χ0v) is 13.4. The Morgan fingerprint density at radius 2 is 0.880 bits per heavy atom. The largest absolute Gasteiger partial charge is 0.106 e. The zero-order chi connectivity index (χ0) is 18.0. The SMILES string of the molecule is C#CC#CC#CC#CC#CC#CC#CC#CC#Cc1ccc(C)cc1. The maximum absolute atomic E-state index is 4.92. The van der Waals surface area contributed by atoms with E-state index in [0.717, 1.165) is 5.56 Å². The molecule has 1 aromatic rings. The molecule has 0 aromatic heterocycles. The van der Waals surface area contributed by atoms with Crippen LogP contribution in [0.4, 0.5) is 0 Å². The first-order valence-electron chi connectivity index (χ1n) is 6.86. The van der Waals surface area contributed by atoms with Crippen molar-refractivity contribution in [2.45, 2.75) is 6.92 Å². The molecule has 0 aliphatic carbocycles. The molecule has 0 unspecified atom stereocenters. The Kier molecular flexibility index (Phi) is 9.49. The first kappa shape index (κ1) is 18.3. The van der Waals surface area contributed by atoms with Crippen LogP contribution in [0.2, 0.25) is 0 Å². The van der Waals surface area contributed by atoms with Gasteiger partial charge in [-0.3, -0.25) is 0 Å². The molecule has 1 aromatic carbocycles. The number of hydrogen-bond acceptors (Lipinski definition) is 0. The van der Waals surface area contributed by atoms with Crippen LogP contribution in [0.15, 0.2) is 24.3 Å². The van der Waals surface area contributed by atoms with Gasteiger partial charge in [-0.15, -0.1) is 6.42 Å². The summed E-state index contributed by atoms with van der Waals surface area (Å²) in [5.74, 6) is 42.9. The molecule has 25 heavy (non-hydrogen) atoms. The minimum absolute atomic E-state index is 0.914. The minimum Gasteiger partial charge on any atom is -0.106 e. The third-order valence-corrected chi connectivity index (χ3v) is 2.21. The average Bonchev–Trinajstić information content (AvgIpc) is 2.63. The number of rotatable bonds is 0.